The molecular formula is C14H18F2N2O. The molecule has 1 heterocycles. The summed E-state index contributed by atoms with van der Waals surface area (Å²) in [5.74, 6) is -1.09. The SMILES string of the molecule is NCC1CCCN(C(=O)Cc2ccc(F)cc2F)C1. The van der Waals surface area contributed by atoms with Crippen LogP contribution >= 0.6 is 0 Å². The second-order valence-corrected chi connectivity index (χ2v) is 5.00. The maximum absolute atomic E-state index is 13.5. The van der Waals surface area contributed by atoms with Crippen LogP contribution in [0.15, 0.2) is 18.2 Å². The van der Waals surface area contributed by atoms with Crippen LogP contribution in [0.5, 0.6) is 0 Å². The van der Waals surface area contributed by atoms with Crippen LogP contribution in [0.4, 0.5) is 8.78 Å². The van der Waals surface area contributed by atoms with E-state index in [1.165, 1.54) is 12.1 Å². The smallest absolute Gasteiger partial charge is 0.227 e. The summed E-state index contributed by atoms with van der Waals surface area (Å²) >= 11 is 0. The van der Waals surface area contributed by atoms with E-state index in [0.717, 1.165) is 18.9 Å². The average molecular weight is 268 g/mol. The number of hydrogen-bond acceptors (Lipinski definition) is 2. The first-order valence-electron chi connectivity index (χ1n) is 6.52. The highest BCUT2D eigenvalue weighted by atomic mass is 19.1. The fourth-order valence-corrected chi connectivity index (χ4v) is 2.42. The van der Waals surface area contributed by atoms with Crippen LogP contribution in [0, 0.1) is 17.6 Å². The highest BCUT2D eigenvalue weighted by molar-refractivity contribution is 5.78. The van der Waals surface area contributed by atoms with Crippen molar-refractivity contribution in [3.05, 3.63) is 35.4 Å². The summed E-state index contributed by atoms with van der Waals surface area (Å²) in [5, 5.41) is 0. The lowest BCUT2D eigenvalue weighted by Gasteiger charge is -2.32. The summed E-state index contributed by atoms with van der Waals surface area (Å²) in [6.45, 7) is 1.89. The molecule has 1 unspecified atom stereocenters. The zero-order chi connectivity index (χ0) is 13.8. The van der Waals surface area contributed by atoms with Gasteiger partial charge in [0.2, 0.25) is 5.91 Å². The molecular weight excluding hydrogens is 250 g/mol. The third-order valence-corrected chi connectivity index (χ3v) is 3.56. The maximum Gasteiger partial charge on any atom is 0.227 e. The number of hydrogen-bond donors (Lipinski definition) is 1. The third-order valence-electron chi connectivity index (χ3n) is 3.56. The van der Waals surface area contributed by atoms with Crippen molar-refractivity contribution in [2.24, 2.45) is 11.7 Å². The monoisotopic (exact) mass is 268 g/mol. The second-order valence-electron chi connectivity index (χ2n) is 5.00. The van der Waals surface area contributed by atoms with Gasteiger partial charge >= 0.3 is 0 Å². The molecule has 0 aromatic heterocycles. The van der Waals surface area contributed by atoms with Gasteiger partial charge in [0.15, 0.2) is 0 Å². The molecule has 1 aromatic rings. The number of halogens is 2. The van der Waals surface area contributed by atoms with Gasteiger partial charge in [-0.25, -0.2) is 8.78 Å². The summed E-state index contributed by atoms with van der Waals surface area (Å²) < 4.78 is 26.3. The van der Waals surface area contributed by atoms with Gasteiger partial charge in [-0.3, -0.25) is 4.79 Å². The Labute approximate surface area is 111 Å². The zero-order valence-corrected chi connectivity index (χ0v) is 10.7. The minimum Gasteiger partial charge on any atom is -0.342 e. The fraction of sp³-hybridized carbons (Fsp3) is 0.500. The summed E-state index contributed by atoms with van der Waals surface area (Å²) in [7, 11) is 0. The third kappa shape index (κ3) is 3.50. The maximum atomic E-state index is 13.5. The quantitative estimate of drug-likeness (QED) is 0.907. The number of nitrogens with zero attached hydrogens (tertiary/aromatic N) is 1. The minimum atomic E-state index is -0.666. The van der Waals surface area contributed by atoms with Gasteiger partial charge in [0.05, 0.1) is 6.42 Å². The number of nitrogens with two attached hydrogens (primary N) is 1. The lowest BCUT2D eigenvalue weighted by atomic mass is 9.97. The average Bonchev–Trinajstić information content (AvgIpc) is 2.42. The number of rotatable bonds is 3. The number of likely N-dealkylation sites (tertiary alicyclic amines) is 1. The van der Waals surface area contributed by atoms with Gasteiger partial charge in [-0.15, -0.1) is 0 Å². The zero-order valence-electron chi connectivity index (χ0n) is 10.7. The Kier molecular flexibility index (Phi) is 4.47. The fourth-order valence-electron chi connectivity index (χ4n) is 2.42. The number of benzene rings is 1. The summed E-state index contributed by atoms with van der Waals surface area (Å²) in [5.41, 5.74) is 5.86. The Hall–Kier alpha value is -1.49. The molecule has 1 saturated heterocycles. The number of amides is 1. The van der Waals surface area contributed by atoms with Crippen molar-refractivity contribution in [2.75, 3.05) is 19.6 Å². The standard InChI is InChI=1S/C14H18F2N2O/c15-12-4-3-11(13(16)7-12)6-14(19)18-5-1-2-10(8-17)9-18/h3-4,7,10H,1-2,5-6,8-9,17H2. The summed E-state index contributed by atoms with van der Waals surface area (Å²) in [6, 6.07) is 3.30. The highest BCUT2D eigenvalue weighted by Gasteiger charge is 2.23. The highest BCUT2D eigenvalue weighted by Crippen LogP contribution is 2.17. The number of piperidine rings is 1. The van der Waals surface area contributed by atoms with E-state index in [1.807, 2.05) is 0 Å². The molecule has 104 valence electrons. The van der Waals surface area contributed by atoms with Gasteiger partial charge < -0.3 is 10.6 Å². The van der Waals surface area contributed by atoms with E-state index >= 15 is 0 Å². The van der Waals surface area contributed by atoms with E-state index in [4.69, 9.17) is 5.73 Å². The van der Waals surface area contributed by atoms with Gasteiger partial charge in [-0.1, -0.05) is 6.07 Å². The van der Waals surface area contributed by atoms with Crippen LogP contribution in [0.2, 0.25) is 0 Å². The molecule has 19 heavy (non-hydrogen) atoms. The predicted octanol–water partition coefficient (Wildman–Crippen LogP) is 1.70. The molecule has 1 aliphatic rings. The van der Waals surface area contributed by atoms with Crippen molar-refractivity contribution in [3.8, 4) is 0 Å². The van der Waals surface area contributed by atoms with Crippen molar-refractivity contribution in [2.45, 2.75) is 19.3 Å². The first-order chi connectivity index (χ1) is 9.10. The van der Waals surface area contributed by atoms with E-state index in [9.17, 15) is 13.6 Å². The number of carbonyl (C=O) groups excluding carboxylic acids is 1. The molecule has 0 saturated carbocycles. The first-order valence-corrected chi connectivity index (χ1v) is 6.52. The van der Waals surface area contributed by atoms with Crippen LogP contribution in [0.25, 0.3) is 0 Å². The molecule has 1 aromatic carbocycles. The second kappa shape index (κ2) is 6.10. The Morgan fingerprint density at radius 3 is 2.89 bits per heavy atom. The van der Waals surface area contributed by atoms with Crippen molar-refractivity contribution in [1.82, 2.24) is 4.90 Å². The van der Waals surface area contributed by atoms with Crippen molar-refractivity contribution < 1.29 is 13.6 Å². The summed E-state index contributed by atoms with van der Waals surface area (Å²) in [4.78, 5) is 13.8. The van der Waals surface area contributed by atoms with Crippen molar-refractivity contribution >= 4 is 5.91 Å². The van der Waals surface area contributed by atoms with Gasteiger partial charge in [-0.05, 0) is 36.9 Å². The van der Waals surface area contributed by atoms with Crippen LogP contribution in [-0.4, -0.2) is 30.4 Å². The molecule has 0 radical (unpaired) electrons. The molecule has 3 nitrogen and oxygen atoms in total. The molecule has 1 fully saturated rings. The lowest BCUT2D eigenvalue weighted by molar-refractivity contribution is -0.132. The predicted molar refractivity (Wildman–Crippen MR) is 68.4 cm³/mol. The summed E-state index contributed by atoms with van der Waals surface area (Å²) in [6.07, 6.45) is 1.94. The molecule has 1 aliphatic heterocycles. The Morgan fingerprint density at radius 2 is 2.21 bits per heavy atom. The minimum absolute atomic E-state index is 0.0244. The van der Waals surface area contributed by atoms with Crippen molar-refractivity contribution in [3.63, 3.8) is 0 Å². The molecule has 5 heteroatoms. The largest absolute Gasteiger partial charge is 0.342 e. The van der Waals surface area contributed by atoms with Crippen molar-refractivity contribution in [1.29, 1.82) is 0 Å². The van der Waals surface area contributed by atoms with Gasteiger partial charge in [0, 0.05) is 19.2 Å². The Morgan fingerprint density at radius 1 is 1.42 bits per heavy atom. The van der Waals surface area contributed by atoms with E-state index in [2.05, 4.69) is 0 Å². The molecule has 0 aliphatic carbocycles. The van der Waals surface area contributed by atoms with Crippen LogP contribution in [0.3, 0.4) is 0 Å². The Bertz CT molecular complexity index is 465. The van der Waals surface area contributed by atoms with E-state index in [-0.39, 0.29) is 17.9 Å². The van der Waals surface area contributed by atoms with Gasteiger partial charge in [-0.2, -0.15) is 0 Å². The normalized spacial score (nSPS) is 19.5. The van der Waals surface area contributed by atoms with E-state index < -0.39 is 11.6 Å². The molecule has 2 N–H and O–H groups in total. The molecule has 0 bridgehead atoms. The lowest BCUT2D eigenvalue weighted by Crippen LogP contribution is -2.42. The topological polar surface area (TPSA) is 46.3 Å². The van der Waals surface area contributed by atoms with E-state index in [0.29, 0.717) is 25.6 Å². The van der Waals surface area contributed by atoms with Crippen LogP contribution < -0.4 is 5.73 Å². The van der Waals surface area contributed by atoms with Crippen LogP contribution in [-0.2, 0) is 11.2 Å². The molecule has 1 amide bonds. The van der Waals surface area contributed by atoms with Gasteiger partial charge in [0.25, 0.3) is 0 Å². The van der Waals surface area contributed by atoms with E-state index in [1.54, 1.807) is 4.90 Å². The van der Waals surface area contributed by atoms with Crippen LogP contribution in [0.1, 0.15) is 18.4 Å². The molecule has 2 rings (SSSR count). The van der Waals surface area contributed by atoms with Gasteiger partial charge in [0.1, 0.15) is 11.6 Å². The molecule has 0 spiro atoms. The first kappa shape index (κ1) is 13.9. The molecule has 1 atom stereocenters. The number of carbonyl (C=O) groups is 1. The Balaban J connectivity index is 2.00.